The van der Waals surface area contributed by atoms with Crippen molar-refractivity contribution in [1.29, 1.82) is 0 Å². The van der Waals surface area contributed by atoms with Gasteiger partial charge in [-0.1, -0.05) is 19.9 Å². The van der Waals surface area contributed by atoms with Gasteiger partial charge in [-0.05, 0) is 42.4 Å². The lowest BCUT2D eigenvalue weighted by molar-refractivity contribution is -0.106. The summed E-state index contributed by atoms with van der Waals surface area (Å²) in [5.74, 6) is -0.428. The number of halogens is 1. The van der Waals surface area contributed by atoms with Gasteiger partial charge < -0.3 is 4.74 Å². The molecule has 0 spiro atoms. The maximum absolute atomic E-state index is 14.2. The highest BCUT2D eigenvalue weighted by Gasteiger charge is 2.64. The van der Waals surface area contributed by atoms with Crippen molar-refractivity contribution in [2.75, 3.05) is 26.8 Å². The van der Waals surface area contributed by atoms with E-state index in [1.807, 2.05) is 0 Å². The third kappa shape index (κ3) is 2.51. The second-order valence-corrected chi connectivity index (χ2v) is 9.65. The van der Waals surface area contributed by atoms with Gasteiger partial charge >= 0.3 is 0 Å². The molecular weight excluding hydrogens is 317 g/mol. The van der Waals surface area contributed by atoms with Crippen LogP contribution in [0.4, 0.5) is 4.39 Å². The number of benzene rings is 1. The molecule has 1 saturated carbocycles. The lowest BCUT2D eigenvalue weighted by atomic mass is 9.48. The molecule has 1 heterocycles. The molecule has 0 bridgehead atoms. The van der Waals surface area contributed by atoms with E-state index in [0.717, 1.165) is 6.42 Å². The number of ether oxygens (including phenoxy) is 1. The molecule has 4 nitrogen and oxygen atoms in total. The predicted molar refractivity (Wildman–Crippen MR) is 86.1 cm³/mol. The van der Waals surface area contributed by atoms with Crippen LogP contribution in [0.15, 0.2) is 23.1 Å². The van der Waals surface area contributed by atoms with Gasteiger partial charge in [0, 0.05) is 25.6 Å². The molecule has 1 saturated heterocycles. The summed E-state index contributed by atoms with van der Waals surface area (Å²) in [6.45, 7) is 7.45. The highest BCUT2D eigenvalue weighted by molar-refractivity contribution is 7.89. The number of methoxy groups -OCH3 is 1. The van der Waals surface area contributed by atoms with Crippen LogP contribution >= 0.6 is 0 Å². The standard InChI is InChI=1S/C17H24FNO3S/c1-12-5-6-14(13(18)7-12)23(20,21)19-8-15-16(2,3)9-17(15,10-19)11-22-4/h5-7,15H,8-11H2,1-4H3/t15-,17-/m1/s1. The topological polar surface area (TPSA) is 46.6 Å². The zero-order chi connectivity index (χ0) is 17.0. The Hall–Kier alpha value is -0.980. The lowest BCUT2D eigenvalue weighted by Crippen LogP contribution is -2.55. The first-order chi connectivity index (χ1) is 10.6. The normalized spacial score (nSPS) is 30.0. The van der Waals surface area contributed by atoms with Gasteiger partial charge in [-0.3, -0.25) is 0 Å². The average Bonchev–Trinajstić information content (AvgIpc) is 2.74. The van der Waals surface area contributed by atoms with Gasteiger partial charge in [0.1, 0.15) is 10.7 Å². The van der Waals surface area contributed by atoms with Crippen LogP contribution < -0.4 is 0 Å². The summed E-state index contributed by atoms with van der Waals surface area (Å²) in [7, 11) is -2.17. The number of fused-ring (bicyclic) bond motifs is 1. The largest absolute Gasteiger partial charge is 0.384 e. The van der Waals surface area contributed by atoms with Crippen LogP contribution in [0.3, 0.4) is 0 Å². The minimum atomic E-state index is -3.82. The molecule has 128 valence electrons. The summed E-state index contributed by atoms with van der Waals surface area (Å²) in [5, 5.41) is 0. The van der Waals surface area contributed by atoms with Crippen LogP contribution in [0.2, 0.25) is 0 Å². The Kier molecular flexibility index (Phi) is 3.86. The molecule has 1 aromatic carbocycles. The molecule has 0 unspecified atom stereocenters. The van der Waals surface area contributed by atoms with Crippen LogP contribution in [0.5, 0.6) is 0 Å². The molecule has 3 rings (SSSR count). The summed E-state index contributed by atoms with van der Waals surface area (Å²) in [4.78, 5) is -0.227. The molecular formula is C17H24FNO3S. The molecule has 6 heteroatoms. The number of hydrogen-bond donors (Lipinski definition) is 0. The number of rotatable bonds is 4. The molecule has 1 aliphatic heterocycles. The van der Waals surface area contributed by atoms with Crippen LogP contribution in [0.25, 0.3) is 0 Å². The Morgan fingerprint density at radius 1 is 1.39 bits per heavy atom. The van der Waals surface area contributed by atoms with Crippen molar-refractivity contribution in [3.63, 3.8) is 0 Å². The summed E-state index contributed by atoms with van der Waals surface area (Å²) in [5.41, 5.74) is 0.668. The summed E-state index contributed by atoms with van der Waals surface area (Å²) in [6.07, 6.45) is 0.931. The first-order valence-corrected chi connectivity index (χ1v) is 9.32. The van der Waals surface area contributed by atoms with Crippen molar-refractivity contribution in [2.24, 2.45) is 16.7 Å². The first kappa shape index (κ1) is 16.9. The second-order valence-electron chi connectivity index (χ2n) is 7.74. The maximum Gasteiger partial charge on any atom is 0.246 e. The van der Waals surface area contributed by atoms with E-state index in [-0.39, 0.29) is 21.6 Å². The Bertz CT molecular complexity index is 731. The average molecular weight is 341 g/mol. The molecule has 0 N–H and O–H groups in total. The zero-order valence-electron chi connectivity index (χ0n) is 14.1. The van der Waals surface area contributed by atoms with E-state index < -0.39 is 15.8 Å². The van der Waals surface area contributed by atoms with Crippen molar-refractivity contribution in [3.05, 3.63) is 29.6 Å². The number of aryl methyl sites for hydroxylation is 1. The highest BCUT2D eigenvalue weighted by Crippen LogP contribution is 2.63. The summed E-state index contributed by atoms with van der Waals surface area (Å²) < 4.78 is 46.7. The SMILES string of the molecule is COC[C@@]12CN(S(=O)(=O)c3ccc(C)cc3F)C[C@@H]1C(C)(C)C2. The monoisotopic (exact) mass is 341 g/mol. The van der Waals surface area contributed by atoms with Crippen molar-refractivity contribution < 1.29 is 17.5 Å². The minimum absolute atomic E-state index is 0.0919. The van der Waals surface area contributed by atoms with Crippen LogP contribution in [0, 0.1) is 29.5 Å². The van der Waals surface area contributed by atoms with E-state index in [0.29, 0.717) is 25.3 Å². The van der Waals surface area contributed by atoms with Crippen molar-refractivity contribution >= 4 is 10.0 Å². The fraction of sp³-hybridized carbons (Fsp3) is 0.647. The van der Waals surface area contributed by atoms with E-state index in [2.05, 4.69) is 13.8 Å². The number of hydrogen-bond acceptors (Lipinski definition) is 3. The Morgan fingerprint density at radius 3 is 2.65 bits per heavy atom. The Balaban J connectivity index is 1.93. The van der Waals surface area contributed by atoms with Gasteiger partial charge in [-0.2, -0.15) is 4.31 Å². The number of nitrogens with zero attached hydrogens (tertiary/aromatic N) is 1. The smallest absolute Gasteiger partial charge is 0.246 e. The van der Waals surface area contributed by atoms with E-state index in [9.17, 15) is 12.8 Å². The molecule has 0 amide bonds. The predicted octanol–water partition coefficient (Wildman–Crippen LogP) is 2.82. The third-order valence-electron chi connectivity index (χ3n) is 5.50. The fourth-order valence-electron chi connectivity index (χ4n) is 4.70. The molecule has 0 radical (unpaired) electrons. The van der Waals surface area contributed by atoms with Gasteiger partial charge in [-0.25, -0.2) is 12.8 Å². The molecule has 23 heavy (non-hydrogen) atoms. The van der Waals surface area contributed by atoms with Gasteiger partial charge in [0.05, 0.1) is 6.61 Å². The fourth-order valence-corrected chi connectivity index (χ4v) is 6.30. The van der Waals surface area contributed by atoms with Gasteiger partial charge in [-0.15, -0.1) is 0 Å². The van der Waals surface area contributed by atoms with E-state index in [1.165, 1.54) is 16.4 Å². The zero-order valence-corrected chi connectivity index (χ0v) is 14.9. The maximum atomic E-state index is 14.2. The van der Waals surface area contributed by atoms with E-state index >= 15 is 0 Å². The van der Waals surface area contributed by atoms with Crippen molar-refractivity contribution in [2.45, 2.75) is 32.1 Å². The molecule has 0 aromatic heterocycles. The van der Waals surface area contributed by atoms with Gasteiger partial charge in [0.15, 0.2) is 0 Å². The van der Waals surface area contributed by atoms with Crippen LogP contribution in [0.1, 0.15) is 25.8 Å². The van der Waals surface area contributed by atoms with Gasteiger partial charge in [0.25, 0.3) is 0 Å². The second kappa shape index (κ2) is 5.26. The molecule has 2 fully saturated rings. The number of sulfonamides is 1. The summed E-state index contributed by atoms with van der Waals surface area (Å²) >= 11 is 0. The lowest BCUT2D eigenvalue weighted by Gasteiger charge is -2.56. The van der Waals surface area contributed by atoms with E-state index in [4.69, 9.17) is 4.74 Å². The molecule has 1 aromatic rings. The molecule has 1 aliphatic carbocycles. The summed E-state index contributed by atoms with van der Waals surface area (Å²) in [6, 6.07) is 4.27. The van der Waals surface area contributed by atoms with Crippen molar-refractivity contribution in [3.8, 4) is 0 Å². The quantitative estimate of drug-likeness (QED) is 0.846. The highest BCUT2D eigenvalue weighted by atomic mass is 32.2. The Morgan fingerprint density at radius 2 is 2.09 bits per heavy atom. The van der Waals surface area contributed by atoms with E-state index in [1.54, 1.807) is 20.1 Å². The minimum Gasteiger partial charge on any atom is -0.384 e. The van der Waals surface area contributed by atoms with Gasteiger partial charge in [0.2, 0.25) is 10.0 Å². The van der Waals surface area contributed by atoms with Crippen LogP contribution in [-0.4, -0.2) is 39.5 Å². The third-order valence-corrected chi connectivity index (χ3v) is 7.35. The molecule has 2 aliphatic rings. The molecule has 2 atom stereocenters. The van der Waals surface area contributed by atoms with Crippen LogP contribution in [-0.2, 0) is 14.8 Å². The van der Waals surface area contributed by atoms with Crippen molar-refractivity contribution in [1.82, 2.24) is 4.31 Å². The first-order valence-electron chi connectivity index (χ1n) is 7.88. The Labute approximate surface area is 137 Å².